The highest BCUT2D eigenvalue weighted by atomic mass is 19.1. The number of aromatic amines is 1. The second kappa shape index (κ2) is 5.04. The Morgan fingerprint density at radius 3 is 2.55 bits per heavy atom. The molecule has 0 saturated carbocycles. The summed E-state index contributed by atoms with van der Waals surface area (Å²) in [4.78, 5) is 3.92. The molecule has 6 nitrogen and oxygen atoms in total. The Bertz CT molecular complexity index is 708. The number of anilines is 1. The van der Waals surface area contributed by atoms with Gasteiger partial charge in [-0.2, -0.15) is 9.49 Å². The average molecular weight is 270 g/mol. The lowest BCUT2D eigenvalue weighted by molar-refractivity contribution is 0.589. The molecular weight excluding hydrogens is 259 g/mol. The summed E-state index contributed by atoms with van der Waals surface area (Å²) in [6.45, 7) is 0. The quantitative estimate of drug-likeness (QED) is 0.712. The van der Waals surface area contributed by atoms with Crippen LogP contribution in [0.2, 0.25) is 0 Å². The van der Waals surface area contributed by atoms with Gasteiger partial charge in [0.25, 0.3) is 0 Å². The van der Waals surface area contributed by atoms with E-state index in [4.69, 9.17) is 0 Å². The standard InChI is InChI=1S/C13H11FN6/c1-15-12-5-4-11(19-20-12)10-3-2-9(13(14)18-10)8-6-16-17-7-8/h2-7H,1H3,(H,15,20)(H,16,17). The van der Waals surface area contributed by atoms with Gasteiger partial charge in [0, 0.05) is 24.4 Å². The molecule has 100 valence electrons. The van der Waals surface area contributed by atoms with Crippen molar-refractivity contribution in [3.63, 3.8) is 0 Å². The summed E-state index contributed by atoms with van der Waals surface area (Å²) in [7, 11) is 1.75. The van der Waals surface area contributed by atoms with Crippen molar-refractivity contribution in [2.75, 3.05) is 12.4 Å². The van der Waals surface area contributed by atoms with Crippen molar-refractivity contribution in [3.05, 3.63) is 42.6 Å². The van der Waals surface area contributed by atoms with Crippen molar-refractivity contribution in [2.45, 2.75) is 0 Å². The number of halogens is 1. The molecule has 0 unspecified atom stereocenters. The molecule has 0 fully saturated rings. The van der Waals surface area contributed by atoms with Crippen molar-refractivity contribution in [1.82, 2.24) is 25.4 Å². The second-order valence-electron chi connectivity index (χ2n) is 4.08. The predicted octanol–water partition coefficient (Wildman–Crippen LogP) is 2.11. The Hall–Kier alpha value is -2.83. The maximum atomic E-state index is 14.0. The van der Waals surface area contributed by atoms with E-state index in [2.05, 4.69) is 30.7 Å². The van der Waals surface area contributed by atoms with Gasteiger partial charge in [-0.15, -0.1) is 10.2 Å². The minimum Gasteiger partial charge on any atom is -0.372 e. The highest BCUT2D eigenvalue weighted by Crippen LogP contribution is 2.23. The average Bonchev–Trinajstić information content (AvgIpc) is 3.01. The van der Waals surface area contributed by atoms with E-state index in [1.165, 1.54) is 0 Å². The fourth-order valence-electron chi connectivity index (χ4n) is 1.79. The van der Waals surface area contributed by atoms with E-state index in [1.54, 1.807) is 43.7 Å². The highest BCUT2D eigenvalue weighted by Gasteiger charge is 2.10. The van der Waals surface area contributed by atoms with Crippen LogP contribution in [0.3, 0.4) is 0 Å². The molecule has 3 heterocycles. The number of rotatable bonds is 3. The Morgan fingerprint density at radius 1 is 1.10 bits per heavy atom. The van der Waals surface area contributed by atoms with Crippen LogP contribution >= 0.6 is 0 Å². The molecule has 7 heteroatoms. The van der Waals surface area contributed by atoms with Crippen molar-refractivity contribution in [2.24, 2.45) is 0 Å². The van der Waals surface area contributed by atoms with E-state index < -0.39 is 5.95 Å². The third-order valence-electron chi connectivity index (χ3n) is 2.84. The van der Waals surface area contributed by atoms with Crippen LogP contribution in [0.25, 0.3) is 22.5 Å². The first kappa shape index (κ1) is 12.2. The number of hydrogen-bond acceptors (Lipinski definition) is 5. The maximum absolute atomic E-state index is 14.0. The van der Waals surface area contributed by atoms with E-state index in [0.717, 1.165) is 0 Å². The van der Waals surface area contributed by atoms with Gasteiger partial charge < -0.3 is 5.32 Å². The van der Waals surface area contributed by atoms with Gasteiger partial charge >= 0.3 is 0 Å². The zero-order chi connectivity index (χ0) is 13.9. The normalized spacial score (nSPS) is 10.5. The number of nitrogens with one attached hydrogen (secondary N) is 2. The summed E-state index contributed by atoms with van der Waals surface area (Å²) in [6, 6.07) is 6.84. The largest absolute Gasteiger partial charge is 0.372 e. The molecule has 0 aliphatic carbocycles. The monoisotopic (exact) mass is 270 g/mol. The molecule has 0 atom stereocenters. The van der Waals surface area contributed by atoms with E-state index in [1.807, 2.05) is 0 Å². The number of pyridine rings is 1. The molecule has 2 N–H and O–H groups in total. The molecule has 3 aromatic heterocycles. The van der Waals surface area contributed by atoms with Crippen LogP contribution in [0.5, 0.6) is 0 Å². The molecule has 0 amide bonds. The smallest absolute Gasteiger partial charge is 0.221 e. The summed E-state index contributed by atoms with van der Waals surface area (Å²) >= 11 is 0. The first-order valence-electron chi connectivity index (χ1n) is 5.95. The molecule has 0 spiro atoms. The summed E-state index contributed by atoms with van der Waals surface area (Å²) in [5.74, 6) is 0.0765. The van der Waals surface area contributed by atoms with E-state index >= 15 is 0 Å². The maximum Gasteiger partial charge on any atom is 0.221 e. The van der Waals surface area contributed by atoms with Crippen molar-refractivity contribution < 1.29 is 4.39 Å². The molecule has 0 aliphatic heterocycles. The van der Waals surface area contributed by atoms with Crippen LogP contribution in [-0.2, 0) is 0 Å². The van der Waals surface area contributed by atoms with Gasteiger partial charge in [0.05, 0.1) is 11.9 Å². The van der Waals surface area contributed by atoms with E-state index in [9.17, 15) is 4.39 Å². The Balaban J connectivity index is 1.97. The summed E-state index contributed by atoms with van der Waals surface area (Å²) in [6.07, 6.45) is 3.16. The lowest BCUT2D eigenvalue weighted by Crippen LogP contribution is -1.97. The van der Waals surface area contributed by atoms with Crippen LogP contribution in [-0.4, -0.2) is 32.4 Å². The zero-order valence-corrected chi connectivity index (χ0v) is 10.6. The SMILES string of the molecule is CNc1ccc(-c2ccc(-c3cn[nH]c3)c(F)n2)nn1. The molecule has 0 bridgehead atoms. The van der Waals surface area contributed by atoms with Gasteiger partial charge in [-0.3, -0.25) is 5.10 Å². The van der Waals surface area contributed by atoms with Crippen LogP contribution < -0.4 is 5.32 Å². The Kier molecular flexibility index (Phi) is 3.08. The summed E-state index contributed by atoms with van der Waals surface area (Å²) in [5, 5.41) is 17.2. The Morgan fingerprint density at radius 2 is 1.95 bits per heavy atom. The van der Waals surface area contributed by atoms with Gasteiger partial charge in [0.15, 0.2) is 0 Å². The van der Waals surface area contributed by atoms with Crippen LogP contribution in [0.15, 0.2) is 36.7 Å². The molecule has 0 aromatic carbocycles. The second-order valence-corrected chi connectivity index (χ2v) is 4.08. The third-order valence-corrected chi connectivity index (χ3v) is 2.84. The van der Waals surface area contributed by atoms with Crippen LogP contribution in [0.1, 0.15) is 0 Å². The Labute approximate surface area is 114 Å². The zero-order valence-electron chi connectivity index (χ0n) is 10.6. The fourth-order valence-corrected chi connectivity index (χ4v) is 1.79. The molecule has 3 aromatic rings. The number of aromatic nitrogens is 5. The third kappa shape index (κ3) is 2.20. The predicted molar refractivity (Wildman–Crippen MR) is 72.3 cm³/mol. The van der Waals surface area contributed by atoms with Crippen molar-refractivity contribution >= 4 is 5.82 Å². The van der Waals surface area contributed by atoms with Crippen LogP contribution in [0.4, 0.5) is 10.2 Å². The lowest BCUT2D eigenvalue weighted by atomic mass is 10.1. The molecule has 0 radical (unpaired) electrons. The van der Waals surface area contributed by atoms with E-state index in [-0.39, 0.29) is 0 Å². The summed E-state index contributed by atoms with van der Waals surface area (Å²) in [5.41, 5.74) is 1.99. The number of nitrogens with zero attached hydrogens (tertiary/aromatic N) is 4. The highest BCUT2D eigenvalue weighted by molar-refractivity contribution is 5.65. The van der Waals surface area contributed by atoms with Gasteiger partial charge in [-0.1, -0.05) is 0 Å². The molecule has 3 rings (SSSR count). The van der Waals surface area contributed by atoms with Crippen molar-refractivity contribution in [1.29, 1.82) is 0 Å². The van der Waals surface area contributed by atoms with Crippen molar-refractivity contribution in [3.8, 4) is 22.5 Å². The van der Waals surface area contributed by atoms with Gasteiger partial charge in [-0.05, 0) is 24.3 Å². The fraction of sp³-hybridized carbons (Fsp3) is 0.0769. The van der Waals surface area contributed by atoms with Crippen LogP contribution in [0, 0.1) is 5.95 Å². The minimum absolute atomic E-state index is 0.391. The first-order chi connectivity index (χ1) is 9.78. The van der Waals surface area contributed by atoms with Gasteiger partial charge in [0.2, 0.25) is 5.95 Å². The first-order valence-corrected chi connectivity index (χ1v) is 5.95. The molecule has 20 heavy (non-hydrogen) atoms. The summed E-state index contributed by atoms with van der Waals surface area (Å²) < 4.78 is 14.0. The van der Waals surface area contributed by atoms with Gasteiger partial charge in [0.1, 0.15) is 11.5 Å². The number of hydrogen-bond donors (Lipinski definition) is 2. The topological polar surface area (TPSA) is 79.4 Å². The number of H-pyrrole nitrogens is 1. The van der Waals surface area contributed by atoms with E-state index in [0.29, 0.717) is 28.3 Å². The lowest BCUT2D eigenvalue weighted by Gasteiger charge is -2.04. The van der Waals surface area contributed by atoms with Gasteiger partial charge in [-0.25, -0.2) is 4.98 Å². The minimum atomic E-state index is -0.566. The molecule has 0 saturated heterocycles. The molecule has 0 aliphatic rings. The molecular formula is C13H11FN6.